The largest absolute Gasteiger partial charge is 0.492 e. The number of amides is 2. The van der Waals surface area contributed by atoms with Crippen molar-refractivity contribution in [2.75, 3.05) is 32.2 Å². The van der Waals surface area contributed by atoms with E-state index in [1.165, 1.54) is 0 Å². The van der Waals surface area contributed by atoms with Gasteiger partial charge >= 0.3 is 0 Å². The van der Waals surface area contributed by atoms with Gasteiger partial charge < -0.3 is 20.1 Å². The van der Waals surface area contributed by atoms with Gasteiger partial charge in [0.1, 0.15) is 5.75 Å². The molecule has 0 aliphatic heterocycles. The van der Waals surface area contributed by atoms with Crippen LogP contribution in [0.5, 0.6) is 5.75 Å². The first-order valence-corrected chi connectivity index (χ1v) is 10.9. The fourth-order valence-electron chi connectivity index (χ4n) is 2.46. The maximum Gasteiger partial charge on any atom is 0.257 e. The van der Waals surface area contributed by atoms with E-state index in [0.717, 1.165) is 0 Å². The first-order chi connectivity index (χ1) is 14.8. The second kappa shape index (κ2) is 12.4. The highest BCUT2D eigenvalue weighted by atomic mass is 79.9. The predicted octanol–water partition coefficient (Wildman–Crippen LogP) is 3.99. The minimum atomic E-state index is -0.359. The van der Waals surface area contributed by atoms with Crippen molar-refractivity contribution < 1.29 is 19.1 Å². The standard InChI is InChI=1S/C22H26BrN3O4S/c1-14(2)13-30-19-8-7-16(12-18(19)23)21(28)26-22(31)25-17-6-4-5-15(11-17)20(27)24-9-10-29-3/h4-8,11-12,14H,9-10,13H2,1-3H3,(H,24,27)(H2,25,26,28,31). The summed E-state index contributed by atoms with van der Waals surface area (Å²) in [4.78, 5) is 24.7. The van der Waals surface area contributed by atoms with E-state index in [-0.39, 0.29) is 16.9 Å². The topological polar surface area (TPSA) is 88.7 Å². The average molecular weight is 508 g/mol. The van der Waals surface area contributed by atoms with E-state index >= 15 is 0 Å². The van der Waals surface area contributed by atoms with Crippen molar-refractivity contribution in [1.82, 2.24) is 10.6 Å². The van der Waals surface area contributed by atoms with Crippen molar-refractivity contribution in [3.8, 4) is 5.75 Å². The molecule has 0 fully saturated rings. The first-order valence-electron chi connectivity index (χ1n) is 9.72. The molecule has 2 amide bonds. The number of methoxy groups -OCH3 is 1. The molecular weight excluding hydrogens is 482 g/mol. The maximum atomic E-state index is 12.5. The highest BCUT2D eigenvalue weighted by Gasteiger charge is 2.12. The van der Waals surface area contributed by atoms with Crippen molar-refractivity contribution >= 4 is 50.8 Å². The molecule has 0 atom stereocenters. The summed E-state index contributed by atoms with van der Waals surface area (Å²) in [5.74, 6) is 0.488. The van der Waals surface area contributed by atoms with Crippen LogP contribution in [0.3, 0.4) is 0 Å². The van der Waals surface area contributed by atoms with Crippen LogP contribution in [0.2, 0.25) is 0 Å². The molecule has 0 saturated carbocycles. The molecule has 2 aromatic rings. The van der Waals surface area contributed by atoms with E-state index in [0.29, 0.717) is 52.7 Å². The quantitative estimate of drug-likeness (QED) is 0.351. The molecule has 0 unspecified atom stereocenters. The first kappa shape index (κ1) is 24.8. The highest BCUT2D eigenvalue weighted by Crippen LogP contribution is 2.26. The lowest BCUT2D eigenvalue weighted by Crippen LogP contribution is -2.34. The number of nitrogens with one attached hydrogen (secondary N) is 3. The Balaban J connectivity index is 1.95. The third-order valence-corrected chi connectivity index (χ3v) is 4.79. The number of halogens is 1. The van der Waals surface area contributed by atoms with Gasteiger partial charge in [-0.05, 0) is 70.5 Å². The third-order valence-electron chi connectivity index (χ3n) is 3.97. The molecule has 9 heteroatoms. The summed E-state index contributed by atoms with van der Waals surface area (Å²) in [6.45, 7) is 5.56. The van der Waals surface area contributed by atoms with Gasteiger partial charge in [0.05, 0.1) is 17.7 Å². The number of ether oxygens (including phenoxy) is 2. The SMILES string of the molecule is COCCNC(=O)c1cccc(NC(=S)NC(=O)c2ccc(OCC(C)C)c(Br)c2)c1. The van der Waals surface area contributed by atoms with Gasteiger partial charge in [-0.1, -0.05) is 19.9 Å². The molecule has 0 aromatic heterocycles. The van der Waals surface area contributed by atoms with Crippen LogP contribution in [0.15, 0.2) is 46.9 Å². The molecule has 0 spiro atoms. The fourth-order valence-corrected chi connectivity index (χ4v) is 3.16. The summed E-state index contributed by atoms with van der Waals surface area (Å²) in [5.41, 5.74) is 1.48. The molecule has 0 heterocycles. The number of carbonyl (C=O) groups excluding carboxylic acids is 2. The number of hydrogen-bond donors (Lipinski definition) is 3. The molecule has 0 aliphatic carbocycles. The van der Waals surface area contributed by atoms with Crippen LogP contribution in [-0.4, -0.2) is 43.8 Å². The number of carbonyl (C=O) groups is 2. The number of rotatable bonds is 9. The molecule has 7 nitrogen and oxygen atoms in total. The molecule has 166 valence electrons. The van der Waals surface area contributed by atoms with Gasteiger partial charge in [-0.25, -0.2) is 0 Å². The molecule has 2 aromatic carbocycles. The van der Waals surface area contributed by atoms with Gasteiger partial charge in [0.25, 0.3) is 11.8 Å². The smallest absolute Gasteiger partial charge is 0.257 e. The average Bonchev–Trinajstić information content (AvgIpc) is 2.72. The highest BCUT2D eigenvalue weighted by molar-refractivity contribution is 9.10. The predicted molar refractivity (Wildman–Crippen MR) is 129 cm³/mol. The van der Waals surface area contributed by atoms with E-state index in [1.54, 1.807) is 49.6 Å². The number of thiocarbonyl (C=S) groups is 1. The van der Waals surface area contributed by atoms with E-state index in [2.05, 4.69) is 45.7 Å². The minimum Gasteiger partial charge on any atom is -0.492 e. The number of benzene rings is 2. The molecule has 0 radical (unpaired) electrons. The van der Waals surface area contributed by atoms with Crippen molar-refractivity contribution in [2.45, 2.75) is 13.8 Å². The summed E-state index contributed by atoms with van der Waals surface area (Å²) in [5, 5.41) is 8.43. The van der Waals surface area contributed by atoms with Crippen LogP contribution >= 0.6 is 28.1 Å². The molecule has 0 aliphatic rings. The lowest BCUT2D eigenvalue weighted by molar-refractivity contribution is 0.0935. The fraction of sp³-hybridized carbons (Fsp3) is 0.318. The van der Waals surface area contributed by atoms with Crippen molar-refractivity contribution in [1.29, 1.82) is 0 Å². The Morgan fingerprint density at radius 3 is 2.52 bits per heavy atom. The Kier molecular flexibility index (Phi) is 9.90. The molecule has 3 N–H and O–H groups in total. The van der Waals surface area contributed by atoms with Crippen molar-refractivity contribution in [3.63, 3.8) is 0 Å². The van der Waals surface area contributed by atoms with E-state index in [1.807, 2.05) is 0 Å². The third kappa shape index (κ3) is 8.28. The molecule has 0 bridgehead atoms. The molecule has 2 rings (SSSR count). The van der Waals surface area contributed by atoms with Gasteiger partial charge in [-0.2, -0.15) is 0 Å². The summed E-state index contributed by atoms with van der Waals surface area (Å²) < 4.78 is 11.3. The Morgan fingerprint density at radius 2 is 1.84 bits per heavy atom. The van der Waals surface area contributed by atoms with Gasteiger partial charge in [-0.15, -0.1) is 0 Å². The van der Waals surface area contributed by atoms with Crippen molar-refractivity contribution in [2.24, 2.45) is 5.92 Å². The van der Waals surface area contributed by atoms with Gasteiger partial charge in [0, 0.05) is 30.5 Å². The Hall–Kier alpha value is -2.49. The van der Waals surface area contributed by atoms with Crippen LogP contribution in [0.4, 0.5) is 5.69 Å². The van der Waals surface area contributed by atoms with Gasteiger partial charge in [0.15, 0.2) is 5.11 Å². The van der Waals surface area contributed by atoms with E-state index in [4.69, 9.17) is 21.7 Å². The summed E-state index contributed by atoms with van der Waals surface area (Å²) in [6.07, 6.45) is 0. The van der Waals surface area contributed by atoms with Crippen LogP contribution in [-0.2, 0) is 4.74 Å². The van der Waals surface area contributed by atoms with Crippen LogP contribution in [0.1, 0.15) is 34.6 Å². The lowest BCUT2D eigenvalue weighted by Gasteiger charge is -2.13. The van der Waals surface area contributed by atoms with Crippen LogP contribution in [0.25, 0.3) is 0 Å². The van der Waals surface area contributed by atoms with E-state index in [9.17, 15) is 9.59 Å². The normalized spacial score (nSPS) is 10.5. The minimum absolute atomic E-state index is 0.123. The van der Waals surface area contributed by atoms with Crippen molar-refractivity contribution in [3.05, 3.63) is 58.1 Å². The van der Waals surface area contributed by atoms with Crippen LogP contribution < -0.4 is 20.7 Å². The molecular formula is C22H26BrN3O4S. The van der Waals surface area contributed by atoms with Gasteiger partial charge in [0.2, 0.25) is 0 Å². The van der Waals surface area contributed by atoms with Crippen LogP contribution in [0, 0.1) is 5.92 Å². The number of hydrogen-bond acceptors (Lipinski definition) is 5. The zero-order valence-electron chi connectivity index (χ0n) is 17.7. The molecule has 0 saturated heterocycles. The second-order valence-corrected chi connectivity index (χ2v) is 8.35. The zero-order chi connectivity index (χ0) is 22.8. The Bertz CT molecular complexity index is 937. The summed E-state index contributed by atoms with van der Waals surface area (Å²) >= 11 is 8.67. The summed E-state index contributed by atoms with van der Waals surface area (Å²) in [6, 6.07) is 11.9. The molecule has 31 heavy (non-hydrogen) atoms. The zero-order valence-corrected chi connectivity index (χ0v) is 20.1. The lowest BCUT2D eigenvalue weighted by atomic mass is 10.2. The van der Waals surface area contributed by atoms with E-state index < -0.39 is 0 Å². The number of anilines is 1. The van der Waals surface area contributed by atoms with Gasteiger partial charge in [-0.3, -0.25) is 14.9 Å². The second-order valence-electron chi connectivity index (χ2n) is 7.09. The summed E-state index contributed by atoms with van der Waals surface area (Å²) in [7, 11) is 1.57. The maximum absolute atomic E-state index is 12.5. The Labute approximate surface area is 196 Å². The monoisotopic (exact) mass is 507 g/mol. The Morgan fingerprint density at radius 1 is 1.10 bits per heavy atom.